The lowest BCUT2D eigenvalue weighted by atomic mass is 10.1. The van der Waals surface area contributed by atoms with Gasteiger partial charge in [0.15, 0.2) is 0 Å². The summed E-state index contributed by atoms with van der Waals surface area (Å²) >= 11 is 6.25. The van der Waals surface area contributed by atoms with Crippen LogP contribution < -0.4 is 14.9 Å². The van der Waals surface area contributed by atoms with Crippen LogP contribution in [0.3, 0.4) is 0 Å². The zero-order valence-corrected chi connectivity index (χ0v) is 20.1. The smallest absolute Gasteiger partial charge is 0.255 e. The van der Waals surface area contributed by atoms with Gasteiger partial charge in [0.25, 0.3) is 11.8 Å². The number of benzene rings is 3. The number of carbonyl (C=O) groups is 2. The number of rotatable bonds is 5. The summed E-state index contributed by atoms with van der Waals surface area (Å²) in [5.41, 5.74) is 3.21. The van der Waals surface area contributed by atoms with Gasteiger partial charge in [-0.05, 0) is 74.4 Å². The molecule has 1 heterocycles. The van der Waals surface area contributed by atoms with Crippen molar-refractivity contribution in [2.75, 3.05) is 27.2 Å². The van der Waals surface area contributed by atoms with Gasteiger partial charge in [-0.15, -0.1) is 0 Å². The molecule has 0 radical (unpaired) electrons. The molecule has 3 aromatic rings. The Kier molecular flexibility index (Phi) is 6.90. The molecule has 0 atom stereocenters. The molecule has 2 N–H and O–H groups in total. The highest BCUT2D eigenvalue weighted by Gasteiger charge is 2.26. The van der Waals surface area contributed by atoms with Gasteiger partial charge >= 0.3 is 0 Å². The van der Waals surface area contributed by atoms with Crippen molar-refractivity contribution in [2.45, 2.75) is 19.8 Å². The summed E-state index contributed by atoms with van der Waals surface area (Å²) < 4.78 is 26.0. The van der Waals surface area contributed by atoms with E-state index in [0.717, 1.165) is 12.0 Å². The largest absolute Gasteiger partial charge is 0.322 e. The Morgan fingerprint density at radius 2 is 1.62 bits per heavy atom. The van der Waals surface area contributed by atoms with Gasteiger partial charge < -0.3 is 10.6 Å². The maximum Gasteiger partial charge on any atom is 0.255 e. The number of aryl methyl sites for hydroxylation is 1. The molecule has 0 saturated carbocycles. The molecule has 3 aromatic carbocycles. The van der Waals surface area contributed by atoms with Crippen molar-refractivity contribution in [1.29, 1.82) is 0 Å². The molecule has 1 fully saturated rings. The van der Waals surface area contributed by atoms with Crippen LogP contribution in [0.15, 0.2) is 66.7 Å². The minimum atomic E-state index is -3.31. The number of hydrogen-bond acceptors (Lipinski definition) is 4. The molecular weight excluding hydrogens is 474 g/mol. The fourth-order valence-electron chi connectivity index (χ4n) is 3.74. The molecule has 1 saturated heterocycles. The number of nitrogens with zero attached hydrogens (tertiary/aromatic N) is 1. The van der Waals surface area contributed by atoms with Gasteiger partial charge in [-0.3, -0.25) is 13.9 Å². The van der Waals surface area contributed by atoms with Crippen LogP contribution in [-0.2, 0) is 10.0 Å². The molecule has 0 unspecified atom stereocenters. The molecule has 0 spiro atoms. The van der Waals surface area contributed by atoms with E-state index in [9.17, 15) is 18.0 Å². The number of anilines is 3. The maximum absolute atomic E-state index is 12.7. The third-order valence-electron chi connectivity index (χ3n) is 5.52. The predicted octanol–water partition coefficient (Wildman–Crippen LogP) is 5.08. The predicted molar refractivity (Wildman–Crippen MR) is 135 cm³/mol. The lowest BCUT2D eigenvalue weighted by Gasteiger charge is -2.28. The van der Waals surface area contributed by atoms with Gasteiger partial charge in [0.2, 0.25) is 10.0 Å². The van der Waals surface area contributed by atoms with Crippen molar-refractivity contribution in [2.24, 2.45) is 0 Å². The molecule has 4 rings (SSSR count). The minimum absolute atomic E-state index is 0.133. The van der Waals surface area contributed by atoms with E-state index in [-0.39, 0.29) is 17.6 Å². The van der Waals surface area contributed by atoms with Crippen LogP contribution >= 0.6 is 11.6 Å². The molecular formula is C25H24ClN3O4S. The summed E-state index contributed by atoms with van der Waals surface area (Å²) in [5.74, 6) is -0.544. The highest BCUT2D eigenvalue weighted by Crippen LogP contribution is 2.27. The second kappa shape index (κ2) is 9.87. The summed E-state index contributed by atoms with van der Waals surface area (Å²) in [5, 5.41) is 5.90. The number of carbonyl (C=O) groups excluding carboxylic acids is 2. The maximum atomic E-state index is 12.7. The summed E-state index contributed by atoms with van der Waals surface area (Å²) in [7, 11) is -3.31. The highest BCUT2D eigenvalue weighted by molar-refractivity contribution is 7.92. The molecule has 34 heavy (non-hydrogen) atoms. The SMILES string of the molecule is Cc1cccc(C(=O)Nc2cc(NC(=O)c3ccc(N4CCCCS4(=O)=O)cc3)ccc2Cl)c1. The quantitative estimate of drug-likeness (QED) is 0.513. The molecule has 1 aliphatic heterocycles. The van der Waals surface area contributed by atoms with Gasteiger partial charge in [-0.25, -0.2) is 8.42 Å². The van der Waals surface area contributed by atoms with E-state index in [1.54, 1.807) is 60.7 Å². The average molecular weight is 498 g/mol. The fourth-order valence-corrected chi connectivity index (χ4v) is 5.55. The highest BCUT2D eigenvalue weighted by atomic mass is 35.5. The Morgan fingerprint density at radius 3 is 2.32 bits per heavy atom. The minimum Gasteiger partial charge on any atom is -0.322 e. The van der Waals surface area contributed by atoms with Crippen LogP contribution in [0.2, 0.25) is 5.02 Å². The van der Waals surface area contributed by atoms with Gasteiger partial charge in [0, 0.05) is 23.4 Å². The lowest BCUT2D eigenvalue weighted by molar-refractivity contribution is 0.101. The van der Waals surface area contributed by atoms with E-state index in [1.807, 2.05) is 13.0 Å². The molecule has 9 heteroatoms. The van der Waals surface area contributed by atoms with Crippen LogP contribution in [-0.4, -0.2) is 32.5 Å². The second-order valence-corrected chi connectivity index (χ2v) is 10.5. The molecule has 7 nitrogen and oxygen atoms in total. The Balaban J connectivity index is 1.46. The number of halogens is 1. The van der Waals surface area contributed by atoms with Crippen molar-refractivity contribution >= 4 is 50.5 Å². The van der Waals surface area contributed by atoms with Crippen LogP contribution in [0.5, 0.6) is 0 Å². The monoisotopic (exact) mass is 497 g/mol. The van der Waals surface area contributed by atoms with Crippen molar-refractivity contribution in [3.8, 4) is 0 Å². The van der Waals surface area contributed by atoms with Crippen molar-refractivity contribution in [1.82, 2.24) is 0 Å². The molecule has 2 amide bonds. The summed E-state index contributed by atoms with van der Waals surface area (Å²) in [6.45, 7) is 2.34. The third kappa shape index (κ3) is 5.40. The van der Waals surface area contributed by atoms with Crippen LogP contribution in [0, 0.1) is 6.92 Å². The fraction of sp³-hybridized carbons (Fsp3) is 0.200. The van der Waals surface area contributed by atoms with Crippen LogP contribution in [0.25, 0.3) is 0 Å². The zero-order chi connectivity index (χ0) is 24.3. The number of hydrogen-bond donors (Lipinski definition) is 2. The Bertz CT molecular complexity index is 1340. The van der Waals surface area contributed by atoms with Gasteiger partial charge in [-0.1, -0.05) is 29.3 Å². The summed E-state index contributed by atoms with van der Waals surface area (Å²) in [6.07, 6.45) is 1.47. The van der Waals surface area contributed by atoms with E-state index >= 15 is 0 Å². The molecule has 0 aromatic heterocycles. The Hall–Kier alpha value is -3.36. The first-order valence-corrected chi connectivity index (χ1v) is 12.8. The summed E-state index contributed by atoms with van der Waals surface area (Å²) in [4.78, 5) is 25.3. The Morgan fingerprint density at radius 1 is 0.882 bits per heavy atom. The van der Waals surface area contributed by atoms with Crippen molar-refractivity contribution in [3.05, 3.63) is 88.4 Å². The number of amides is 2. The van der Waals surface area contributed by atoms with Crippen molar-refractivity contribution < 1.29 is 18.0 Å². The lowest BCUT2D eigenvalue weighted by Crippen LogP contribution is -2.37. The molecule has 176 valence electrons. The standard InChI is InChI=1S/C25H24ClN3O4S/c1-17-5-4-6-19(15-17)25(31)28-23-16-20(9-12-22(23)26)27-24(30)18-7-10-21(11-8-18)29-13-2-3-14-34(29,32)33/h4-12,15-16H,2-3,13-14H2,1H3,(H,27,30)(H,28,31). The first kappa shape index (κ1) is 23.8. The zero-order valence-electron chi connectivity index (χ0n) is 18.5. The number of sulfonamides is 1. The van der Waals surface area contributed by atoms with Gasteiger partial charge in [-0.2, -0.15) is 0 Å². The molecule has 0 bridgehead atoms. The first-order valence-electron chi connectivity index (χ1n) is 10.8. The Labute approximate surface area is 203 Å². The topological polar surface area (TPSA) is 95.6 Å². The first-order chi connectivity index (χ1) is 16.2. The van der Waals surface area contributed by atoms with Crippen molar-refractivity contribution in [3.63, 3.8) is 0 Å². The van der Waals surface area contributed by atoms with E-state index in [1.165, 1.54) is 4.31 Å². The van der Waals surface area contributed by atoms with E-state index in [0.29, 0.717) is 46.2 Å². The van der Waals surface area contributed by atoms with Gasteiger partial charge in [0.1, 0.15) is 0 Å². The number of nitrogens with one attached hydrogen (secondary N) is 2. The van der Waals surface area contributed by atoms with E-state index in [2.05, 4.69) is 10.6 Å². The van der Waals surface area contributed by atoms with E-state index < -0.39 is 10.0 Å². The van der Waals surface area contributed by atoms with Gasteiger partial charge in [0.05, 0.1) is 22.2 Å². The molecule has 0 aliphatic carbocycles. The van der Waals surface area contributed by atoms with E-state index in [4.69, 9.17) is 11.6 Å². The normalized spacial score (nSPS) is 14.9. The van der Waals surface area contributed by atoms with Crippen LogP contribution in [0.4, 0.5) is 17.1 Å². The average Bonchev–Trinajstić information content (AvgIpc) is 2.81. The second-order valence-electron chi connectivity index (χ2n) is 8.11. The van der Waals surface area contributed by atoms with Crippen LogP contribution in [0.1, 0.15) is 39.1 Å². The molecule has 1 aliphatic rings. The summed E-state index contributed by atoms with van der Waals surface area (Å²) in [6, 6.07) is 18.4. The third-order valence-corrected chi connectivity index (χ3v) is 7.72.